The number of hydrogen-bond acceptors (Lipinski definition) is 4. The second-order valence-electron chi connectivity index (χ2n) is 6.00. The van der Waals surface area contributed by atoms with Gasteiger partial charge in [-0.15, -0.1) is 0 Å². The third-order valence-corrected chi connectivity index (χ3v) is 3.96. The van der Waals surface area contributed by atoms with Crippen molar-refractivity contribution in [3.63, 3.8) is 0 Å². The number of fused-ring (bicyclic) bond motifs is 1. The SMILES string of the molecule is CC(C)N(Cc1ccccc1)Cc1nc2c(cnn2C)c(=O)[nH]1. The van der Waals surface area contributed by atoms with E-state index in [4.69, 9.17) is 0 Å². The summed E-state index contributed by atoms with van der Waals surface area (Å²) in [6, 6.07) is 10.6. The van der Waals surface area contributed by atoms with E-state index in [2.05, 4.69) is 45.9 Å². The number of benzene rings is 1. The Morgan fingerprint density at radius 1 is 1.22 bits per heavy atom. The van der Waals surface area contributed by atoms with Gasteiger partial charge in [0.2, 0.25) is 0 Å². The van der Waals surface area contributed by atoms with Crippen molar-refractivity contribution in [2.24, 2.45) is 7.05 Å². The molecule has 6 nitrogen and oxygen atoms in total. The van der Waals surface area contributed by atoms with Crippen molar-refractivity contribution in [1.82, 2.24) is 24.6 Å². The van der Waals surface area contributed by atoms with Gasteiger partial charge in [-0.3, -0.25) is 14.4 Å². The van der Waals surface area contributed by atoms with Gasteiger partial charge in [-0.1, -0.05) is 30.3 Å². The van der Waals surface area contributed by atoms with E-state index >= 15 is 0 Å². The van der Waals surface area contributed by atoms with Gasteiger partial charge < -0.3 is 4.98 Å². The second kappa shape index (κ2) is 6.34. The van der Waals surface area contributed by atoms with E-state index in [9.17, 15) is 4.79 Å². The minimum atomic E-state index is -0.137. The molecule has 6 heteroatoms. The smallest absolute Gasteiger partial charge is 0.262 e. The summed E-state index contributed by atoms with van der Waals surface area (Å²) in [7, 11) is 1.79. The second-order valence-corrected chi connectivity index (χ2v) is 6.00. The Balaban J connectivity index is 1.88. The normalized spacial score (nSPS) is 11.7. The molecule has 120 valence electrons. The van der Waals surface area contributed by atoms with E-state index in [1.54, 1.807) is 17.9 Å². The summed E-state index contributed by atoms with van der Waals surface area (Å²) >= 11 is 0. The Kier molecular flexibility index (Phi) is 4.25. The van der Waals surface area contributed by atoms with Gasteiger partial charge in [0.05, 0.1) is 12.7 Å². The molecule has 2 heterocycles. The average molecular weight is 311 g/mol. The monoisotopic (exact) mass is 311 g/mol. The summed E-state index contributed by atoms with van der Waals surface area (Å²) < 4.78 is 1.63. The van der Waals surface area contributed by atoms with Crippen molar-refractivity contribution < 1.29 is 0 Å². The van der Waals surface area contributed by atoms with Crippen LogP contribution in [0.25, 0.3) is 11.0 Å². The van der Waals surface area contributed by atoms with Crippen LogP contribution in [0.3, 0.4) is 0 Å². The Bertz CT molecular complexity index is 850. The lowest BCUT2D eigenvalue weighted by Gasteiger charge is -2.26. The molecule has 0 saturated heterocycles. The maximum absolute atomic E-state index is 12.2. The first-order valence-corrected chi connectivity index (χ1v) is 7.73. The standard InChI is InChI=1S/C17H21N5O/c1-12(2)22(10-13-7-5-4-6-8-13)11-15-19-16-14(17(23)20-15)9-18-21(16)3/h4-9,12H,10-11H2,1-3H3,(H,19,20,23). The molecule has 0 spiro atoms. The summed E-state index contributed by atoms with van der Waals surface area (Å²) in [5.74, 6) is 0.663. The van der Waals surface area contributed by atoms with Crippen LogP contribution in [0.2, 0.25) is 0 Å². The fraction of sp³-hybridized carbons (Fsp3) is 0.353. The van der Waals surface area contributed by atoms with Gasteiger partial charge in [0.15, 0.2) is 5.65 Å². The summed E-state index contributed by atoms with van der Waals surface area (Å²) in [6.07, 6.45) is 1.55. The molecule has 3 rings (SSSR count). The van der Waals surface area contributed by atoms with E-state index in [1.165, 1.54) is 5.56 Å². The molecule has 0 aliphatic heterocycles. The third kappa shape index (κ3) is 3.32. The maximum Gasteiger partial charge on any atom is 0.262 e. The fourth-order valence-corrected chi connectivity index (χ4v) is 2.58. The van der Waals surface area contributed by atoms with Gasteiger partial charge in [0.1, 0.15) is 11.2 Å². The Morgan fingerprint density at radius 3 is 2.65 bits per heavy atom. The van der Waals surface area contributed by atoms with Crippen LogP contribution in [-0.2, 0) is 20.1 Å². The topological polar surface area (TPSA) is 66.8 Å². The van der Waals surface area contributed by atoms with Gasteiger partial charge in [-0.2, -0.15) is 5.10 Å². The van der Waals surface area contributed by atoms with Crippen molar-refractivity contribution in [3.05, 3.63) is 58.3 Å². The Morgan fingerprint density at radius 2 is 1.96 bits per heavy atom. The molecule has 2 aromatic heterocycles. The van der Waals surface area contributed by atoms with Crippen LogP contribution in [0.4, 0.5) is 0 Å². The highest BCUT2D eigenvalue weighted by molar-refractivity contribution is 5.72. The predicted molar refractivity (Wildman–Crippen MR) is 90.0 cm³/mol. The van der Waals surface area contributed by atoms with Crippen molar-refractivity contribution >= 4 is 11.0 Å². The fourth-order valence-electron chi connectivity index (χ4n) is 2.58. The van der Waals surface area contributed by atoms with Crippen LogP contribution < -0.4 is 5.56 Å². The van der Waals surface area contributed by atoms with Gasteiger partial charge in [0.25, 0.3) is 5.56 Å². The lowest BCUT2D eigenvalue weighted by atomic mass is 10.2. The highest BCUT2D eigenvalue weighted by Crippen LogP contribution is 2.12. The molecule has 3 aromatic rings. The molecular weight excluding hydrogens is 290 g/mol. The summed E-state index contributed by atoms with van der Waals surface area (Å²) in [5.41, 5.74) is 1.72. The van der Waals surface area contributed by atoms with Crippen molar-refractivity contribution in [3.8, 4) is 0 Å². The molecular formula is C17H21N5O. The molecule has 0 fully saturated rings. The Labute approximate surface area is 134 Å². The maximum atomic E-state index is 12.2. The molecule has 0 saturated carbocycles. The van der Waals surface area contributed by atoms with Gasteiger partial charge in [0, 0.05) is 19.6 Å². The molecule has 0 aliphatic rings. The summed E-state index contributed by atoms with van der Waals surface area (Å²) in [4.78, 5) is 21.9. The first kappa shape index (κ1) is 15.4. The number of aromatic nitrogens is 4. The van der Waals surface area contributed by atoms with E-state index in [0.29, 0.717) is 29.4 Å². The van der Waals surface area contributed by atoms with E-state index in [1.807, 2.05) is 18.2 Å². The van der Waals surface area contributed by atoms with Crippen LogP contribution in [0.1, 0.15) is 25.2 Å². The third-order valence-electron chi connectivity index (χ3n) is 3.96. The largest absolute Gasteiger partial charge is 0.309 e. The van der Waals surface area contributed by atoms with Gasteiger partial charge in [-0.25, -0.2) is 4.98 Å². The number of nitrogens with zero attached hydrogens (tertiary/aromatic N) is 4. The Hall–Kier alpha value is -2.47. The zero-order valence-corrected chi connectivity index (χ0v) is 13.7. The minimum Gasteiger partial charge on any atom is -0.309 e. The predicted octanol–water partition coefficient (Wildman–Crippen LogP) is 2.07. The van der Waals surface area contributed by atoms with Gasteiger partial charge >= 0.3 is 0 Å². The number of nitrogens with one attached hydrogen (secondary N) is 1. The summed E-state index contributed by atoms with van der Waals surface area (Å²) in [6.45, 7) is 5.68. The quantitative estimate of drug-likeness (QED) is 0.783. The first-order chi connectivity index (χ1) is 11.0. The average Bonchev–Trinajstić information content (AvgIpc) is 2.90. The van der Waals surface area contributed by atoms with Crippen molar-refractivity contribution in [1.29, 1.82) is 0 Å². The molecule has 23 heavy (non-hydrogen) atoms. The van der Waals surface area contributed by atoms with E-state index in [0.717, 1.165) is 6.54 Å². The van der Waals surface area contributed by atoms with E-state index < -0.39 is 0 Å². The number of hydrogen-bond donors (Lipinski definition) is 1. The lowest BCUT2D eigenvalue weighted by Crippen LogP contribution is -2.31. The van der Waals surface area contributed by atoms with Crippen molar-refractivity contribution in [2.45, 2.75) is 33.0 Å². The number of H-pyrrole nitrogens is 1. The number of aromatic amines is 1. The number of aryl methyl sites for hydroxylation is 1. The van der Waals surface area contributed by atoms with Crippen LogP contribution >= 0.6 is 0 Å². The molecule has 0 unspecified atom stereocenters. The highest BCUT2D eigenvalue weighted by atomic mass is 16.1. The van der Waals surface area contributed by atoms with E-state index in [-0.39, 0.29) is 5.56 Å². The minimum absolute atomic E-state index is 0.137. The molecule has 0 atom stereocenters. The molecule has 0 amide bonds. The van der Waals surface area contributed by atoms with Crippen molar-refractivity contribution in [2.75, 3.05) is 0 Å². The zero-order chi connectivity index (χ0) is 16.4. The highest BCUT2D eigenvalue weighted by Gasteiger charge is 2.14. The number of rotatable bonds is 5. The van der Waals surface area contributed by atoms with Crippen LogP contribution in [0.5, 0.6) is 0 Å². The molecule has 0 radical (unpaired) electrons. The lowest BCUT2D eigenvalue weighted by molar-refractivity contribution is 0.198. The molecule has 0 aliphatic carbocycles. The van der Waals surface area contributed by atoms with Crippen LogP contribution in [0, 0.1) is 0 Å². The molecule has 0 bridgehead atoms. The summed E-state index contributed by atoms with van der Waals surface area (Å²) in [5, 5.41) is 4.62. The zero-order valence-electron chi connectivity index (χ0n) is 13.7. The van der Waals surface area contributed by atoms with Crippen LogP contribution in [-0.4, -0.2) is 30.7 Å². The van der Waals surface area contributed by atoms with Gasteiger partial charge in [-0.05, 0) is 19.4 Å². The molecule has 1 aromatic carbocycles. The first-order valence-electron chi connectivity index (χ1n) is 7.73. The molecule has 1 N–H and O–H groups in total. The van der Waals surface area contributed by atoms with Crippen LogP contribution in [0.15, 0.2) is 41.3 Å².